The summed E-state index contributed by atoms with van der Waals surface area (Å²) in [6.07, 6.45) is 0. The Labute approximate surface area is 95.5 Å². The molecule has 3 heteroatoms. The quantitative estimate of drug-likeness (QED) is 0.471. The molecule has 0 unspecified atom stereocenters. The average molecular weight is 226 g/mol. The molecule has 0 saturated carbocycles. The molecular weight excluding hydrogens is 215 g/mol. The third-order valence-corrected chi connectivity index (χ3v) is 1.08. The summed E-state index contributed by atoms with van der Waals surface area (Å²) in [6.45, 7) is 4.15. The minimum atomic E-state index is 0. The molecule has 0 aliphatic carbocycles. The van der Waals surface area contributed by atoms with Crippen molar-refractivity contribution in [1.82, 2.24) is 0 Å². The Bertz CT molecular complexity index is 172. The van der Waals surface area contributed by atoms with Crippen LogP contribution in [0.4, 0.5) is 0 Å². The fourth-order valence-electron chi connectivity index (χ4n) is 0.747. The SMILES string of the molecule is Cc1c[c-]cc(C)c1.Cl.Cl.[Ti]. The van der Waals surface area contributed by atoms with Gasteiger partial charge in [-0.25, -0.2) is 0 Å². The van der Waals surface area contributed by atoms with Crippen LogP contribution >= 0.6 is 24.8 Å². The van der Waals surface area contributed by atoms with Crippen molar-refractivity contribution >= 4 is 24.8 Å². The van der Waals surface area contributed by atoms with Gasteiger partial charge in [0.15, 0.2) is 0 Å². The maximum atomic E-state index is 3.03. The van der Waals surface area contributed by atoms with Gasteiger partial charge in [-0.3, -0.25) is 0 Å². The molecule has 0 spiro atoms. The van der Waals surface area contributed by atoms with Crippen molar-refractivity contribution in [2.45, 2.75) is 13.8 Å². The number of hydrogen-bond donors (Lipinski definition) is 0. The molecule has 0 bridgehead atoms. The molecule has 0 fully saturated rings. The summed E-state index contributed by atoms with van der Waals surface area (Å²) >= 11 is 0. The normalized spacial score (nSPS) is 6.73. The third kappa shape index (κ3) is 6.89. The first kappa shape index (κ1) is 17.6. The fraction of sp³-hybridized carbons (Fsp3) is 0.250. The molecule has 0 amide bonds. The van der Waals surface area contributed by atoms with Crippen LogP contribution in [-0.4, -0.2) is 0 Å². The van der Waals surface area contributed by atoms with Crippen molar-refractivity contribution in [1.29, 1.82) is 0 Å². The van der Waals surface area contributed by atoms with Gasteiger partial charge in [0.05, 0.1) is 0 Å². The fourth-order valence-corrected chi connectivity index (χ4v) is 0.747. The van der Waals surface area contributed by atoms with Gasteiger partial charge >= 0.3 is 0 Å². The predicted molar refractivity (Wildman–Crippen MR) is 49.2 cm³/mol. The molecule has 0 atom stereocenters. The van der Waals surface area contributed by atoms with Gasteiger partial charge in [0.1, 0.15) is 0 Å². The number of rotatable bonds is 0. The van der Waals surface area contributed by atoms with Gasteiger partial charge in [0.25, 0.3) is 0 Å². The van der Waals surface area contributed by atoms with Crippen molar-refractivity contribution in [2.24, 2.45) is 0 Å². The van der Waals surface area contributed by atoms with Crippen LogP contribution in [0.25, 0.3) is 0 Å². The van der Waals surface area contributed by atoms with Crippen molar-refractivity contribution in [3.05, 3.63) is 35.4 Å². The second-order valence-electron chi connectivity index (χ2n) is 2.09. The van der Waals surface area contributed by atoms with Crippen LogP contribution in [-0.2, 0) is 21.7 Å². The van der Waals surface area contributed by atoms with Gasteiger partial charge in [-0.15, -0.1) is 24.8 Å². The number of benzene rings is 1. The monoisotopic (exact) mass is 225 g/mol. The average Bonchev–Trinajstić information content (AvgIpc) is 1.64. The molecule has 1 aromatic carbocycles. The first-order chi connectivity index (χ1) is 3.79. The number of halogens is 2. The van der Waals surface area contributed by atoms with Crippen molar-refractivity contribution < 1.29 is 21.7 Å². The van der Waals surface area contributed by atoms with Crippen LogP contribution in [0.3, 0.4) is 0 Å². The Balaban J connectivity index is -0.000000213. The largest absolute Gasteiger partial charge is 0.183 e. The Morgan fingerprint density at radius 3 is 1.55 bits per heavy atom. The summed E-state index contributed by atoms with van der Waals surface area (Å²) in [6, 6.07) is 9.12. The van der Waals surface area contributed by atoms with Crippen molar-refractivity contribution in [2.75, 3.05) is 0 Å². The van der Waals surface area contributed by atoms with Gasteiger partial charge in [0.2, 0.25) is 0 Å². The Hall–Kier alpha value is 0.514. The minimum Gasteiger partial charge on any atom is -0.183 e. The molecule has 11 heavy (non-hydrogen) atoms. The molecule has 1 rings (SSSR count). The Morgan fingerprint density at radius 1 is 1.00 bits per heavy atom. The molecular formula is C8H11Cl2Ti-. The third-order valence-electron chi connectivity index (χ3n) is 1.08. The van der Waals surface area contributed by atoms with Crippen molar-refractivity contribution in [3.63, 3.8) is 0 Å². The smallest absolute Gasteiger partial charge is 0 e. The van der Waals surface area contributed by atoms with Gasteiger partial charge in [-0.05, 0) is 0 Å². The van der Waals surface area contributed by atoms with E-state index in [4.69, 9.17) is 0 Å². The van der Waals surface area contributed by atoms with Gasteiger partial charge in [-0.1, -0.05) is 13.8 Å². The predicted octanol–water partition coefficient (Wildman–Crippen LogP) is 2.94. The molecule has 0 radical (unpaired) electrons. The molecule has 0 N–H and O–H groups in total. The van der Waals surface area contributed by atoms with Crippen LogP contribution in [0.5, 0.6) is 0 Å². The molecule has 62 valence electrons. The van der Waals surface area contributed by atoms with Crippen molar-refractivity contribution in [3.8, 4) is 0 Å². The summed E-state index contributed by atoms with van der Waals surface area (Å²) < 4.78 is 0. The zero-order valence-corrected chi connectivity index (χ0v) is 9.74. The van der Waals surface area contributed by atoms with Crippen LogP contribution < -0.4 is 0 Å². The van der Waals surface area contributed by atoms with E-state index in [1.807, 2.05) is 12.1 Å². The van der Waals surface area contributed by atoms with E-state index in [-0.39, 0.29) is 46.5 Å². The molecule has 0 heterocycles. The van der Waals surface area contributed by atoms with Gasteiger partial charge < -0.3 is 0 Å². The summed E-state index contributed by atoms with van der Waals surface area (Å²) in [5.41, 5.74) is 2.56. The molecule has 1 aromatic rings. The molecule has 0 aliphatic heterocycles. The summed E-state index contributed by atoms with van der Waals surface area (Å²) in [4.78, 5) is 0. The van der Waals surface area contributed by atoms with Crippen LogP contribution in [0.2, 0.25) is 0 Å². The second kappa shape index (κ2) is 8.61. The van der Waals surface area contributed by atoms with E-state index in [0.717, 1.165) is 0 Å². The van der Waals surface area contributed by atoms with Crippen LogP contribution in [0, 0.1) is 19.9 Å². The number of hydrogen-bond acceptors (Lipinski definition) is 0. The van der Waals surface area contributed by atoms with Gasteiger partial charge in [0, 0.05) is 21.7 Å². The van der Waals surface area contributed by atoms with E-state index < -0.39 is 0 Å². The second-order valence-corrected chi connectivity index (χ2v) is 2.09. The Kier molecular flexibility index (Phi) is 13.7. The molecule has 0 aromatic heterocycles. The van der Waals surface area contributed by atoms with E-state index in [1.54, 1.807) is 0 Å². The zero-order valence-electron chi connectivity index (χ0n) is 6.55. The summed E-state index contributed by atoms with van der Waals surface area (Å²) in [5, 5.41) is 0. The minimum absolute atomic E-state index is 0. The maximum Gasteiger partial charge on any atom is 0 e. The zero-order chi connectivity index (χ0) is 5.98. The van der Waals surface area contributed by atoms with Crippen LogP contribution in [0.1, 0.15) is 11.1 Å². The van der Waals surface area contributed by atoms with E-state index >= 15 is 0 Å². The van der Waals surface area contributed by atoms with E-state index in [2.05, 4.69) is 26.0 Å². The molecule has 0 aliphatic rings. The number of aryl methyl sites for hydroxylation is 2. The summed E-state index contributed by atoms with van der Waals surface area (Å²) in [7, 11) is 0. The first-order valence-corrected chi connectivity index (χ1v) is 2.73. The van der Waals surface area contributed by atoms with E-state index in [9.17, 15) is 0 Å². The topological polar surface area (TPSA) is 0 Å². The standard InChI is InChI=1S/C8H9.2ClH.Ti/c1-7-4-3-5-8(2)6-7;;;/h4-6H,1-2H3;2*1H;/q-1;;;. The Morgan fingerprint density at radius 2 is 1.36 bits per heavy atom. The molecule has 0 saturated heterocycles. The van der Waals surface area contributed by atoms with Gasteiger partial charge in [-0.2, -0.15) is 35.4 Å². The maximum absolute atomic E-state index is 3.03. The summed E-state index contributed by atoms with van der Waals surface area (Å²) in [5.74, 6) is 0. The first-order valence-electron chi connectivity index (χ1n) is 2.73. The molecule has 0 nitrogen and oxygen atoms in total. The van der Waals surface area contributed by atoms with Crippen LogP contribution in [0.15, 0.2) is 18.2 Å². The van der Waals surface area contributed by atoms with E-state index in [1.165, 1.54) is 11.1 Å². The van der Waals surface area contributed by atoms with E-state index in [0.29, 0.717) is 0 Å².